The van der Waals surface area contributed by atoms with Gasteiger partial charge in [-0.25, -0.2) is 0 Å². The van der Waals surface area contributed by atoms with Gasteiger partial charge >= 0.3 is 17.9 Å². The summed E-state index contributed by atoms with van der Waals surface area (Å²) in [7, 11) is 0. The molecule has 1 aliphatic rings. The lowest BCUT2D eigenvalue weighted by Crippen LogP contribution is -2.43. The lowest BCUT2D eigenvalue weighted by Gasteiger charge is -2.25. The number of benzene rings is 2. The van der Waals surface area contributed by atoms with E-state index in [9.17, 15) is 19.2 Å². The van der Waals surface area contributed by atoms with Crippen molar-refractivity contribution in [2.24, 2.45) is 11.8 Å². The maximum Gasteiger partial charge on any atom is 0.335 e. The molecular weight excluding hydrogens is 424 g/mol. The van der Waals surface area contributed by atoms with Gasteiger partial charge in [-0.15, -0.1) is 0 Å². The van der Waals surface area contributed by atoms with Crippen LogP contribution in [0, 0.1) is 11.8 Å². The molecule has 0 aliphatic carbocycles. The summed E-state index contributed by atoms with van der Waals surface area (Å²) in [6, 6.07) is 17.3. The Balaban J connectivity index is 1.83. The van der Waals surface area contributed by atoms with Crippen molar-refractivity contribution in [2.45, 2.75) is 39.2 Å². The van der Waals surface area contributed by atoms with Gasteiger partial charge in [-0.05, 0) is 50.5 Å². The molecule has 1 atom stereocenters. The number of esters is 3. The fraction of sp³-hybridized carbons (Fsp3) is 0.308. The average molecular weight is 450 g/mol. The Kier molecular flexibility index (Phi) is 7.11. The van der Waals surface area contributed by atoms with E-state index in [1.165, 1.54) is 0 Å². The van der Waals surface area contributed by atoms with Gasteiger partial charge in [-0.1, -0.05) is 54.6 Å². The first-order valence-electron chi connectivity index (χ1n) is 10.6. The first-order valence-corrected chi connectivity index (χ1v) is 10.6. The average Bonchev–Trinajstić information content (AvgIpc) is 2.72. The molecule has 0 amide bonds. The number of ether oxygens (including phenoxy) is 3. The van der Waals surface area contributed by atoms with E-state index >= 15 is 0 Å². The van der Waals surface area contributed by atoms with Gasteiger partial charge in [0.05, 0.1) is 6.42 Å². The third-order valence-corrected chi connectivity index (χ3v) is 4.96. The van der Waals surface area contributed by atoms with E-state index in [0.29, 0.717) is 0 Å². The number of carbonyl (C=O) groups is 4. The van der Waals surface area contributed by atoms with E-state index < -0.39 is 47.1 Å². The van der Waals surface area contributed by atoms with Crippen molar-refractivity contribution in [2.75, 3.05) is 0 Å². The Morgan fingerprint density at radius 3 is 2.03 bits per heavy atom. The van der Waals surface area contributed by atoms with Crippen LogP contribution in [0.15, 0.2) is 67.1 Å². The highest BCUT2D eigenvalue weighted by Crippen LogP contribution is 2.26. The lowest BCUT2D eigenvalue weighted by atomic mass is 9.85. The standard InChI is InChI=1S/C26H26O7/c1-16-31-24(29)22(25(30)32-16)23(28)20(15-21(27)33-26(2,3)4)14-17-10-12-19(13-11-17)18-8-6-5-7-9-18/h5-13,20,22H,1,14-15H2,2-4H3/t20-/m0/s1. The maximum absolute atomic E-state index is 13.2. The molecule has 2 aromatic rings. The number of ketones is 1. The first-order chi connectivity index (χ1) is 15.5. The highest BCUT2D eigenvalue weighted by molar-refractivity contribution is 6.17. The molecule has 2 aromatic carbocycles. The van der Waals surface area contributed by atoms with E-state index in [1.807, 2.05) is 54.6 Å². The van der Waals surface area contributed by atoms with Crippen LogP contribution < -0.4 is 0 Å². The van der Waals surface area contributed by atoms with Crippen LogP contribution in [0.2, 0.25) is 0 Å². The van der Waals surface area contributed by atoms with Crippen LogP contribution in [0.4, 0.5) is 0 Å². The number of rotatable bonds is 7. The van der Waals surface area contributed by atoms with E-state index in [4.69, 9.17) is 14.2 Å². The van der Waals surface area contributed by atoms with E-state index in [-0.39, 0.29) is 12.8 Å². The zero-order valence-electron chi connectivity index (χ0n) is 18.8. The number of cyclic esters (lactones) is 2. The Labute approximate surface area is 192 Å². The van der Waals surface area contributed by atoms with Gasteiger partial charge in [0.25, 0.3) is 5.95 Å². The Morgan fingerprint density at radius 2 is 1.48 bits per heavy atom. The highest BCUT2D eigenvalue weighted by atomic mass is 16.7. The van der Waals surface area contributed by atoms with E-state index in [1.54, 1.807) is 20.8 Å². The van der Waals surface area contributed by atoms with Crippen molar-refractivity contribution < 1.29 is 33.4 Å². The zero-order chi connectivity index (χ0) is 24.2. The smallest absolute Gasteiger partial charge is 0.335 e. The molecule has 1 saturated heterocycles. The number of carbonyl (C=O) groups excluding carboxylic acids is 4. The second-order valence-electron chi connectivity index (χ2n) is 8.80. The minimum absolute atomic E-state index is 0.130. The predicted octanol–water partition coefficient (Wildman–Crippen LogP) is 4.00. The normalized spacial score (nSPS) is 15.4. The van der Waals surface area contributed by atoms with Crippen molar-refractivity contribution >= 4 is 23.7 Å². The molecule has 0 radical (unpaired) electrons. The molecule has 33 heavy (non-hydrogen) atoms. The fourth-order valence-electron chi connectivity index (χ4n) is 3.53. The molecule has 172 valence electrons. The molecule has 0 bridgehead atoms. The molecule has 7 nitrogen and oxygen atoms in total. The molecule has 1 heterocycles. The third-order valence-electron chi connectivity index (χ3n) is 4.96. The molecule has 3 rings (SSSR count). The third kappa shape index (κ3) is 6.38. The van der Waals surface area contributed by atoms with Crippen molar-refractivity contribution in [3.63, 3.8) is 0 Å². The minimum atomic E-state index is -1.77. The molecule has 0 aromatic heterocycles. The highest BCUT2D eigenvalue weighted by Gasteiger charge is 2.45. The van der Waals surface area contributed by atoms with Crippen LogP contribution in [0.3, 0.4) is 0 Å². The number of hydrogen-bond acceptors (Lipinski definition) is 7. The second-order valence-corrected chi connectivity index (χ2v) is 8.80. The SMILES string of the molecule is C=C1OC(=O)C(C(=O)[C@H](CC(=O)OC(C)(C)C)Cc2ccc(-c3ccccc3)cc2)C(=O)O1. The Bertz CT molecular complexity index is 1040. The lowest BCUT2D eigenvalue weighted by molar-refractivity contribution is -0.178. The summed E-state index contributed by atoms with van der Waals surface area (Å²) in [5, 5.41) is 0. The number of Topliss-reactive ketones (excluding diaryl/α,β-unsaturated/α-hetero) is 1. The second kappa shape index (κ2) is 9.81. The predicted molar refractivity (Wildman–Crippen MR) is 119 cm³/mol. The van der Waals surface area contributed by atoms with Crippen molar-refractivity contribution in [3.8, 4) is 11.1 Å². The molecule has 1 fully saturated rings. The molecule has 0 N–H and O–H groups in total. The summed E-state index contributed by atoms with van der Waals surface area (Å²) in [6.45, 7) is 8.41. The van der Waals surface area contributed by atoms with Crippen LogP contribution in [0.5, 0.6) is 0 Å². The van der Waals surface area contributed by atoms with Gasteiger partial charge in [-0.2, -0.15) is 0 Å². The molecule has 0 saturated carbocycles. The fourth-order valence-corrected chi connectivity index (χ4v) is 3.53. The molecule has 1 aliphatic heterocycles. The van der Waals surface area contributed by atoms with Gasteiger partial charge < -0.3 is 14.2 Å². The van der Waals surface area contributed by atoms with Crippen molar-refractivity contribution in [1.29, 1.82) is 0 Å². The summed E-state index contributed by atoms with van der Waals surface area (Å²) in [6.07, 6.45) is -0.167. The summed E-state index contributed by atoms with van der Waals surface area (Å²) < 4.78 is 14.8. The molecular formula is C26H26O7. The Morgan fingerprint density at radius 1 is 0.939 bits per heavy atom. The van der Waals surface area contributed by atoms with Crippen LogP contribution in [0.1, 0.15) is 32.8 Å². The summed E-state index contributed by atoms with van der Waals surface area (Å²) in [4.78, 5) is 50.1. The van der Waals surface area contributed by atoms with Crippen molar-refractivity contribution in [3.05, 3.63) is 72.7 Å². The summed E-state index contributed by atoms with van der Waals surface area (Å²) >= 11 is 0. The quantitative estimate of drug-likeness (QED) is 0.465. The van der Waals surface area contributed by atoms with E-state index in [2.05, 4.69) is 6.58 Å². The van der Waals surface area contributed by atoms with E-state index in [0.717, 1.165) is 16.7 Å². The van der Waals surface area contributed by atoms with Crippen LogP contribution in [-0.2, 0) is 39.8 Å². The van der Waals surface area contributed by atoms with Gasteiger partial charge in [0.1, 0.15) is 5.60 Å². The van der Waals surface area contributed by atoms with Crippen molar-refractivity contribution in [1.82, 2.24) is 0 Å². The largest absolute Gasteiger partial charge is 0.460 e. The van der Waals surface area contributed by atoms with Gasteiger partial charge in [0, 0.05) is 5.92 Å². The topological polar surface area (TPSA) is 96.0 Å². The summed E-state index contributed by atoms with van der Waals surface area (Å²) in [5.41, 5.74) is 2.05. The maximum atomic E-state index is 13.2. The first kappa shape index (κ1) is 23.9. The number of hydrogen-bond donors (Lipinski definition) is 0. The monoisotopic (exact) mass is 450 g/mol. The molecule has 0 spiro atoms. The van der Waals surface area contributed by atoms with Crippen LogP contribution in [0.25, 0.3) is 11.1 Å². The van der Waals surface area contributed by atoms with Gasteiger partial charge in [0.15, 0.2) is 5.78 Å². The minimum Gasteiger partial charge on any atom is -0.460 e. The molecule has 7 heteroatoms. The van der Waals surface area contributed by atoms with Gasteiger partial charge in [-0.3, -0.25) is 19.2 Å². The van der Waals surface area contributed by atoms with Gasteiger partial charge in [0.2, 0.25) is 5.92 Å². The van der Waals surface area contributed by atoms with Crippen LogP contribution in [-0.4, -0.2) is 29.3 Å². The Hall–Kier alpha value is -3.74. The van der Waals surface area contributed by atoms with Crippen LogP contribution >= 0.6 is 0 Å². The summed E-state index contributed by atoms with van der Waals surface area (Å²) in [5.74, 6) is -6.72. The zero-order valence-corrected chi connectivity index (χ0v) is 18.8. The molecule has 0 unspecified atom stereocenters.